The molecule has 1 unspecified atom stereocenters. The SMILES string of the molecule is O=C(O)CCC(C(=O)O)N(O)C(=O)N[C@@H](CCCCNC(=O)c1ccc(F)cc1)C(=O)O. The molecule has 0 aliphatic heterocycles. The first-order valence-corrected chi connectivity index (χ1v) is 9.52. The molecule has 0 aliphatic carbocycles. The number of carboxylic acids is 3. The zero-order chi connectivity index (χ0) is 24.3. The maximum Gasteiger partial charge on any atom is 0.342 e. The third-order valence-corrected chi connectivity index (χ3v) is 4.33. The maximum absolute atomic E-state index is 12.9. The van der Waals surface area contributed by atoms with E-state index in [0.717, 1.165) is 12.1 Å². The summed E-state index contributed by atoms with van der Waals surface area (Å²) >= 11 is 0. The van der Waals surface area contributed by atoms with Crippen molar-refractivity contribution in [2.45, 2.75) is 44.2 Å². The summed E-state index contributed by atoms with van der Waals surface area (Å²) < 4.78 is 12.9. The molecule has 1 rings (SSSR count). The zero-order valence-electron chi connectivity index (χ0n) is 16.9. The molecule has 32 heavy (non-hydrogen) atoms. The summed E-state index contributed by atoms with van der Waals surface area (Å²) in [6.45, 7) is 0.179. The molecule has 0 spiro atoms. The van der Waals surface area contributed by atoms with E-state index in [0.29, 0.717) is 6.42 Å². The fourth-order valence-corrected chi connectivity index (χ4v) is 2.60. The number of benzene rings is 1. The molecular formula is C19H24FN3O9. The first kappa shape index (κ1) is 26.3. The molecule has 176 valence electrons. The maximum atomic E-state index is 12.9. The van der Waals surface area contributed by atoms with Crippen LogP contribution < -0.4 is 10.6 Å². The van der Waals surface area contributed by atoms with Crippen molar-refractivity contribution in [3.8, 4) is 0 Å². The van der Waals surface area contributed by atoms with Crippen molar-refractivity contribution in [3.05, 3.63) is 35.6 Å². The van der Waals surface area contributed by atoms with E-state index in [4.69, 9.17) is 10.2 Å². The van der Waals surface area contributed by atoms with Gasteiger partial charge in [-0.2, -0.15) is 5.06 Å². The number of amides is 3. The van der Waals surface area contributed by atoms with Gasteiger partial charge in [0.15, 0.2) is 6.04 Å². The molecule has 6 N–H and O–H groups in total. The van der Waals surface area contributed by atoms with Crippen LogP contribution in [0.15, 0.2) is 24.3 Å². The quantitative estimate of drug-likeness (QED) is 0.142. The van der Waals surface area contributed by atoms with E-state index in [1.165, 1.54) is 12.1 Å². The molecule has 12 nitrogen and oxygen atoms in total. The van der Waals surface area contributed by atoms with Crippen LogP contribution in [0.5, 0.6) is 0 Å². The van der Waals surface area contributed by atoms with E-state index >= 15 is 0 Å². The predicted molar refractivity (Wildman–Crippen MR) is 104 cm³/mol. The third-order valence-electron chi connectivity index (χ3n) is 4.33. The van der Waals surface area contributed by atoms with Gasteiger partial charge in [-0.05, 0) is 49.9 Å². The summed E-state index contributed by atoms with van der Waals surface area (Å²) in [5.41, 5.74) is 0.251. The Hall–Kier alpha value is -3.74. The largest absolute Gasteiger partial charge is 0.481 e. The Morgan fingerprint density at radius 3 is 2.09 bits per heavy atom. The van der Waals surface area contributed by atoms with Crippen LogP contribution in [0.3, 0.4) is 0 Å². The number of carbonyl (C=O) groups is 5. The van der Waals surface area contributed by atoms with Crippen LogP contribution in [0.4, 0.5) is 9.18 Å². The Kier molecular flexibility index (Phi) is 10.6. The van der Waals surface area contributed by atoms with Gasteiger partial charge in [-0.3, -0.25) is 14.8 Å². The van der Waals surface area contributed by atoms with Gasteiger partial charge in [0.2, 0.25) is 0 Å². The Morgan fingerprint density at radius 1 is 0.938 bits per heavy atom. The van der Waals surface area contributed by atoms with E-state index in [2.05, 4.69) is 5.32 Å². The summed E-state index contributed by atoms with van der Waals surface area (Å²) in [7, 11) is 0. The fourth-order valence-electron chi connectivity index (χ4n) is 2.60. The number of unbranched alkanes of at least 4 members (excludes halogenated alkanes) is 1. The van der Waals surface area contributed by atoms with Crippen LogP contribution in [-0.2, 0) is 14.4 Å². The lowest BCUT2D eigenvalue weighted by Crippen LogP contribution is -2.52. The van der Waals surface area contributed by atoms with Gasteiger partial charge in [0, 0.05) is 18.5 Å². The van der Waals surface area contributed by atoms with Crippen molar-refractivity contribution in [2.24, 2.45) is 0 Å². The number of halogens is 1. The summed E-state index contributed by atoms with van der Waals surface area (Å²) in [5, 5.41) is 41.0. The van der Waals surface area contributed by atoms with Gasteiger partial charge in [0.05, 0.1) is 0 Å². The van der Waals surface area contributed by atoms with Crippen molar-refractivity contribution in [1.82, 2.24) is 15.7 Å². The van der Waals surface area contributed by atoms with Crippen LogP contribution in [0.1, 0.15) is 42.5 Å². The molecule has 0 saturated carbocycles. The number of carbonyl (C=O) groups excluding carboxylic acids is 2. The number of nitrogens with zero attached hydrogens (tertiary/aromatic N) is 1. The Bertz CT molecular complexity index is 832. The van der Waals surface area contributed by atoms with Crippen LogP contribution in [0.2, 0.25) is 0 Å². The van der Waals surface area contributed by atoms with Crippen LogP contribution >= 0.6 is 0 Å². The van der Waals surface area contributed by atoms with E-state index < -0.39 is 60.6 Å². The zero-order valence-corrected chi connectivity index (χ0v) is 16.9. The number of aliphatic carboxylic acids is 3. The van der Waals surface area contributed by atoms with E-state index in [1.54, 1.807) is 0 Å². The van der Waals surface area contributed by atoms with Gasteiger partial charge in [0.1, 0.15) is 11.9 Å². The minimum atomic E-state index is -1.87. The van der Waals surface area contributed by atoms with Crippen molar-refractivity contribution in [3.63, 3.8) is 0 Å². The molecule has 0 radical (unpaired) electrons. The lowest BCUT2D eigenvalue weighted by molar-refractivity contribution is -0.158. The van der Waals surface area contributed by atoms with Gasteiger partial charge in [-0.25, -0.2) is 18.8 Å². The highest BCUT2D eigenvalue weighted by molar-refractivity contribution is 5.94. The Labute approximate surface area is 181 Å². The topological polar surface area (TPSA) is 194 Å². The first-order valence-electron chi connectivity index (χ1n) is 9.52. The summed E-state index contributed by atoms with van der Waals surface area (Å²) in [4.78, 5) is 57.0. The molecule has 13 heteroatoms. The molecule has 0 aliphatic rings. The molecule has 3 amide bonds. The van der Waals surface area contributed by atoms with E-state index in [1.807, 2.05) is 5.32 Å². The average Bonchev–Trinajstić information content (AvgIpc) is 2.72. The minimum absolute atomic E-state index is 0.0891. The van der Waals surface area contributed by atoms with Gasteiger partial charge < -0.3 is 26.0 Å². The Morgan fingerprint density at radius 2 is 1.56 bits per heavy atom. The monoisotopic (exact) mass is 457 g/mol. The van der Waals surface area contributed by atoms with Gasteiger partial charge in [0.25, 0.3) is 5.91 Å². The number of urea groups is 1. The predicted octanol–water partition coefficient (Wildman–Crippen LogP) is 0.898. The molecule has 0 saturated heterocycles. The van der Waals surface area contributed by atoms with Crippen LogP contribution in [0.25, 0.3) is 0 Å². The van der Waals surface area contributed by atoms with Crippen LogP contribution in [-0.4, -0.2) is 74.1 Å². The highest BCUT2D eigenvalue weighted by Crippen LogP contribution is 2.08. The van der Waals surface area contributed by atoms with Gasteiger partial charge in [-0.1, -0.05) is 0 Å². The summed E-state index contributed by atoms with van der Waals surface area (Å²) in [6, 6.07) is 0.150. The van der Waals surface area contributed by atoms with E-state index in [9.17, 15) is 38.7 Å². The second-order valence-electron chi connectivity index (χ2n) is 6.73. The van der Waals surface area contributed by atoms with Crippen LogP contribution in [0, 0.1) is 5.82 Å². The standard InChI is InChI=1S/C19H24FN3O9/c20-12-6-4-11(5-7-12)16(26)21-10-2-1-3-13(17(27)28)22-19(31)23(32)14(18(29)30)8-9-15(24)25/h4-7,13-14,32H,1-3,8-10H2,(H,21,26)(H,22,31)(H,24,25)(H,27,28)(H,29,30)/t13-,14?/m0/s1. The van der Waals surface area contributed by atoms with Gasteiger partial charge >= 0.3 is 23.9 Å². The van der Waals surface area contributed by atoms with E-state index in [-0.39, 0.29) is 30.0 Å². The third kappa shape index (κ3) is 8.95. The minimum Gasteiger partial charge on any atom is -0.481 e. The number of carboxylic acid groups (broad SMARTS) is 3. The molecule has 0 fully saturated rings. The van der Waals surface area contributed by atoms with Crippen molar-refractivity contribution >= 4 is 29.8 Å². The molecular weight excluding hydrogens is 433 g/mol. The van der Waals surface area contributed by atoms with Crippen molar-refractivity contribution in [2.75, 3.05) is 6.54 Å². The first-order chi connectivity index (χ1) is 15.0. The molecule has 0 heterocycles. The second-order valence-corrected chi connectivity index (χ2v) is 6.73. The Balaban J connectivity index is 2.49. The second kappa shape index (κ2) is 12.8. The highest BCUT2D eigenvalue weighted by Gasteiger charge is 2.31. The number of hydroxylamine groups is 2. The normalized spacial score (nSPS) is 12.3. The lowest BCUT2D eigenvalue weighted by Gasteiger charge is -2.24. The summed E-state index contributed by atoms with van der Waals surface area (Å²) in [6.07, 6.45) is -0.721. The summed E-state index contributed by atoms with van der Waals surface area (Å²) in [5.74, 6) is -5.35. The number of rotatable bonds is 13. The van der Waals surface area contributed by atoms with Gasteiger partial charge in [-0.15, -0.1) is 0 Å². The molecule has 0 bridgehead atoms. The average molecular weight is 457 g/mol. The molecule has 1 aromatic rings. The smallest absolute Gasteiger partial charge is 0.342 e. The highest BCUT2D eigenvalue weighted by atomic mass is 19.1. The fraction of sp³-hybridized carbons (Fsp3) is 0.421. The molecule has 2 atom stereocenters. The molecule has 1 aromatic carbocycles. The number of hydrogen-bond acceptors (Lipinski definition) is 6. The lowest BCUT2D eigenvalue weighted by atomic mass is 10.1. The van der Waals surface area contributed by atoms with Crippen molar-refractivity contribution in [1.29, 1.82) is 0 Å². The number of nitrogens with one attached hydrogen (secondary N) is 2. The van der Waals surface area contributed by atoms with Crippen molar-refractivity contribution < 1.29 is 48.9 Å². The number of hydrogen-bond donors (Lipinski definition) is 6. The molecule has 0 aromatic heterocycles.